The fourth-order valence-electron chi connectivity index (χ4n) is 4.99. The number of alkyl halides is 3. The number of carbonyl (C=O) groups is 2. The van der Waals surface area contributed by atoms with E-state index in [0.717, 1.165) is 18.9 Å². The van der Waals surface area contributed by atoms with Crippen molar-refractivity contribution in [2.75, 3.05) is 44.7 Å². The zero-order valence-corrected chi connectivity index (χ0v) is 17.2. The van der Waals surface area contributed by atoms with Crippen molar-refractivity contribution in [2.24, 2.45) is 11.3 Å². The molecule has 3 aliphatic rings. The van der Waals surface area contributed by atoms with Gasteiger partial charge in [-0.15, -0.1) is 0 Å². The Morgan fingerprint density at radius 3 is 2.48 bits per heavy atom. The third-order valence-electron chi connectivity index (χ3n) is 6.73. The van der Waals surface area contributed by atoms with Gasteiger partial charge < -0.3 is 9.80 Å². The smallest absolute Gasteiger partial charge is 0.353 e. The Hall–Kier alpha value is -2.40. The highest BCUT2D eigenvalue weighted by atomic mass is 19.4. The molecule has 2 N–H and O–H groups in total. The predicted octanol–water partition coefficient (Wildman–Crippen LogP) is 1.35. The molecule has 3 fully saturated rings. The standard InChI is InChI=1S/C20H26F3N5O3/c1-26-12-19(4-5-19)11-13(17(29)25-31)15(26)18(30)28-9-7-27(8-10-28)16-14(20(21,22)23)3-2-6-24-16/h2-3,6,13,15,31H,4-5,7-12H2,1H3,(H,25,29). The van der Waals surface area contributed by atoms with Gasteiger partial charge in [-0.05, 0) is 43.9 Å². The van der Waals surface area contributed by atoms with Crippen LogP contribution in [0.1, 0.15) is 24.8 Å². The minimum atomic E-state index is -4.51. The molecule has 2 atom stereocenters. The van der Waals surface area contributed by atoms with E-state index < -0.39 is 29.6 Å². The second-order valence-corrected chi connectivity index (χ2v) is 8.83. The fraction of sp³-hybridized carbons (Fsp3) is 0.650. The summed E-state index contributed by atoms with van der Waals surface area (Å²) >= 11 is 0. The van der Waals surface area contributed by atoms with Crippen molar-refractivity contribution in [3.63, 3.8) is 0 Å². The number of carbonyl (C=O) groups excluding carboxylic acids is 2. The van der Waals surface area contributed by atoms with Crippen LogP contribution in [0.4, 0.5) is 19.0 Å². The molecule has 31 heavy (non-hydrogen) atoms. The Balaban J connectivity index is 1.46. The quantitative estimate of drug-likeness (QED) is 0.544. The second-order valence-electron chi connectivity index (χ2n) is 8.83. The predicted molar refractivity (Wildman–Crippen MR) is 104 cm³/mol. The maximum Gasteiger partial charge on any atom is 0.419 e. The number of piperazine rings is 1. The summed E-state index contributed by atoms with van der Waals surface area (Å²) < 4.78 is 40.0. The lowest BCUT2D eigenvalue weighted by Gasteiger charge is -2.45. The monoisotopic (exact) mass is 441 g/mol. The average Bonchev–Trinajstić information content (AvgIpc) is 3.50. The lowest BCUT2D eigenvalue weighted by Crippen LogP contribution is -2.61. The largest absolute Gasteiger partial charge is 0.419 e. The van der Waals surface area contributed by atoms with Crippen molar-refractivity contribution < 1.29 is 28.0 Å². The van der Waals surface area contributed by atoms with Crippen LogP contribution in [-0.4, -0.2) is 77.6 Å². The van der Waals surface area contributed by atoms with Gasteiger partial charge in [0.2, 0.25) is 11.8 Å². The van der Waals surface area contributed by atoms with Gasteiger partial charge in [0.05, 0.1) is 11.5 Å². The Kier molecular flexibility index (Phi) is 5.59. The highest BCUT2D eigenvalue weighted by molar-refractivity contribution is 5.90. The van der Waals surface area contributed by atoms with Crippen LogP contribution < -0.4 is 10.4 Å². The Morgan fingerprint density at radius 2 is 1.90 bits per heavy atom. The first-order valence-corrected chi connectivity index (χ1v) is 10.4. The van der Waals surface area contributed by atoms with E-state index in [2.05, 4.69) is 4.98 Å². The molecule has 0 aromatic carbocycles. The first kappa shape index (κ1) is 21.8. The number of pyridine rings is 1. The summed E-state index contributed by atoms with van der Waals surface area (Å²) in [5, 5.41) is 9.18. The molecule has 2 saturated heterocycles. The molecule has 1 saturated carbocycles. The van der Waals surface area contributed by atoms with E-state index in [9.17, 15) is 28.0 Å². The zero-order chi connectivity index (χ0) is 22.4. The maximum atomic E-state index is 13.3. The van der Waals surface area contributed by atoms with Crippen molar-refractivity contribution in [2.45, 2.75) is 31.5 Å². The lowest BCUT2D eigenvalue weighted by molar-refractivity contribution is -0.150. The van der Waals surface area contributed by atoms with Crippen LogP contribution in [0.2, 0.25) is 0 Å². The number of hydroxylamine groups is 1. The average molecular weight is 441 g/mol. The SMILES string of the molecule is CN1CC2(CC2)CC(C(=O)NO)C1C(=O)N1CCN(c2ncccc2C(F)(F)F)CC1. The summed E-state index contributed by atoms with van der Waals surface area (Å²) in [6.07, 6.45) is -0.644. The van der Waals surface area contributed by atoms with Gasteiger partial charge >= 0.3 is 6.18 Å². The molecular formula is C20H26F3N5O3. The molecule has 0 radical (unpaired) electrons. The number of halogens is 3. The molecule has 3 heterocycles. The third kappa shape index (κ3) is 4.20. The van der Waals surface area contributed by atoms with Crippen LogP contribution in [0.3, 0.4) is 0 Å². The van der Waals surface area contributed by atoms with E-state index in [4.69, 9.17) is 0 Å². The Labute approximate surface area is 178 Å². The van der Waals surface area contributed by atoms with Gasteiger partial charge in [0, 0.05) is 38.9 Å². The van der Waals surface area contributed by atoms with Crippen LogP contribution in [0.15, 0.2) is 18.3 Å². The van der Waals surface area contributed by atoms with Gasteiger partial charge in [-0.2, -0.15) is 13.2 Å². The van der Waals surface area contributed by atoms with Crippen molar-refractivity contribution in [3.8, 4) is 0 Å². The molecule has 1 spiro atoms. The van der Waals surface area contributed by atoms with E-state index in [0.29, 0.717) is 13.0 Å². The first-order chi connectivity index (χ1) is 14.6. The topological polar surface area (TPSA) is 89.0 Å². The molecular weight excluding hydrogens is 415 g/mol. The number of amides is 2. The van der Waals surface area contributed by atoms with E-state index in [-0.39, 0.29) is 43.3 Å². The number of piperidine rings is 1. The molecule has 1 aliphatic carbocycles. The molecule has 2 amide bonds. The number of likely N-dealkylation sites (N-methyl/N-ethyl adjacent to an activating group) is 1. The number of anilines is 1. The molecule has 1 aromatic rings. The summed E-state index contributed by atoms with van der Waals surface area (Å²) in [5.74, 6) is -1.60. The molecule has 0 bridgehead atoms. The number of likely N-dealkylation sites (tertiary alicyclic amines) is 1. The van der Waals surface area contributed by atoms with Crippen LogP contribution in [0.25, 0.3) is 0 Å². The van der Waals surface area contributed by atoms with Gasteiger partial charge in [0.25, 0.3) is 0 Å². The van der Waals surface area contributed by atoms with E-state index in [1.54, 1.807) is 17.4 Å². The lowest BCUT2D eigenvalue weighted by atomic mass is 9.80. The Bertz CT molecular complexity index is 853. The zero-order valence-electron chi connectivity index (χ0n) is 17.2. The normalized spacial score (nSPS) is 26.1. The molecule has 2 aliphatic heterocycles. The molecule has 170 valence electrons. The highest BCUT2D eigenvalue weighted by Gasteiger charge is 2.55. The number of nitrogens with one attached hydrogen (secondary N) is 1. The Morgan fingerprint density at radius 1 is 1.23 bits per heavy atom. The highest BCUT2D eigenvalue weighted by Crippen LogP contribution is 2.54. The number of hydrogen-bond acceptors (Lipinski definition) is 6. The van der Waals surface area contributed by atoms with Crippen molar-refractivity contribution >= 4 is 17.6 Å². The van der Waals surface area contributed by atoms with Crippen molar-refractivity contribution in [1.82, 2.24) is 20.3 Å². The molecule has 2 unspecified atom stereocenters. The first-order valence-electron chi connectivity index (χ1n) is 10.4. The minimum absolute atomic E-state index is 0.0361. The molecule has 11 heteroatoms. The van der Waals surface area contributed by atoms with E-state index in [1.165, 1.54) is 17.2 Å². The van der Waals surface area contributed by atoms with E-state index >= 15 is 0 Å². The van der Waals surface area contributed by atoms with Gasteiger partial charge in [0.15, 0.2) is 0 Å². The summed E-state index contributed by atoms with van der Waals surface area (Å²) in [6.45, 7) is 1.60. The fourth-order valence-corrected chi connectivity index (χ4v) is 4.99. The van der Waals surface area contributed by atoms with E-state index in [1.807, 2.05) is 4.90 Å². The summed E-state index contributed by atoms with van der Waals surface area (Å²) in [6, 6.07) is 1.55. The summed E-state index contributed by atoms with van der Waals surface area (Å²) in [7, 11) is 1.80. The third-order valence-corrected chi connectivity index (χ3v) is 6.73. The molecule has 4 rings (SSSR count). The van der Waals surface area contributed by atoms with Gasteiger partial charge in [-0.1, -0.05) is 0 Å². The second kappa shape index (κ2) is 7.94. The van der Waals surface area contributed by atoms with Gasteiger partial charge in [-0.3, -0.25) is 19.7 Å². The maximum absolute atomic E-state index is 13.3. The van der Waals surface area contributed by atoms with Gasteiger partial charge in [-0.25, -0.2) is 10.5 Å². The van der Waals surface area contributed by atoms with Crippen LogP contribution in [0.5, 0.6) is 0 Å². The molecule has 8 nitrogen and oxygen atoms in total. The van der Waals surface area contributed by atoms with Gasteiger partial charge in [0.1, 0.15) is 11.9 Å². The number of hydrogen-bond donors (Lipinski definition) is 2. The number of aromatic nitrogens is 1. The molecule has 1 aromatic heterocycles. The van der Waals surface area contributed by atoms with Crippen molar-refractivity contribution in [1.29, 1.82) is 0 Å². The van der Waals surface area contributed by atoms with Crippen LogP contribution in [-0.2, 0) is 15.8 Å². The number of nitrogens with zero attached hydrogens (tertiary/aromatic N) is 4. The minimum Gasteiger partial charge on any atom is -0.353 e. The summed E-state index contributed by atoms with van der Waals surface area (Å²) in [5.41, 5.74) is 0.939. The van der Waals surface area contributed by atoms with Crippen LogP contribution in [0, 0.1) is 11.3 Å². The number of rotatable bonds is 3. The summed E-state index contributed by atoms with van der Waals surface area (Å²) in [4.78, 5) is 34.5. The van der Waals surface area contributed by atoms with Crippen molar-refractivity contribution in [3.05, 3.63) is 23.9 Å². The van der Waals surface area contributed by atoms with Crippen LogP contribution >= 0.6 is 0 Å².